The lowest BCUT2D eigenvalue weighted by atomic mass is 9.82. The molecule has 1 aromatic rings. The fourth-order valence-electron chi connectivity index (χ4n) is 4.12. The molecule has 0 aromatic heterocycles. The number of rotatable bonds is 4. The van der Waals surface area contributed by atoms with Crippen molar-refractivity contribution in [3.05, 3.63) is 35.4 Å². The van der Waals surface area contributed by atoms with Gasteiger partial charge in [0.25, 0.3) is 0 Å². The van der Waals surface area contributed by atoms with E-state index in [1.54, 1.807) is 0 Å². The van der Waals surface area contributed by atoms with Gasteiger partial charge in [0, 0.05) is 6.54 Å². The summed E-state index contributed by atoms with van der Waals surface area (Å²) in [6, 6.07) is 8.72. The predicted molar refractivity (Wildman–Crippen MR) is 74.9 cm³/mol. The second-order valence-corrected chi connectivity index (χ2v) is 5.88. The van der Waals surface area contributed by atoms with Gasteiger partial charge in [0.15, 0.2) is 0 Å². The third-order valence-corrected chi connectivity index (χ3v) is 5.08. The van der Waals surface area contributed by atoms with Crippen molar-refractivity contribution in [2.24, 2.45) is 17.6 Å². The first-order valence-electron chi connectivity index (χ1n) is 7.32. The van der Waals surface area contributed by atoms with Gasteiger partial charge < -0.3 is 15.6 Å². The van der Waals surface area contributed by atoms with Gasteiger partial charge in [0.2, 0.25) is 0 Å². The monoisotopic (exact) mass is 261 g/mol. The molecule has 1 aromatic carbocycles. The summed E-state index contributed by atoms with van der Waals surface area (Å²) in [5.74, 6) is 0.996. The highest BCUT2D eigenvalue weighted by Gasteiger charge is 2.51. The molecule has 2 unspecified atom stereocenters. The molecule has 2 aliphatic carbocycles. The lowest BCUT2D eigenvalue weighted by molar-refractivity contribution is -0.101. The fraction of sp³-hybridized carbons (Fsp3) is 0.625. The molecular formula is C16H23NO2. The minimum Gasteiger partial charge on any atom is -0.394 e. The highest BCUT2D eigenvalue weighted by molar-refractivity contribution is 5.32. The number of fused-ring (bicyclic) bond motifs is 3. The zero-order valence-electron chi connectivity index (χ0n) is 11.3. The molecule has 19 heavy (non-hydrogen) atoms. The first-order chi connectivity index (χ1) is 9.30. The Morgan fingerprint density at radius 3 is 2.21 bits per heavy atom. The number of hydrogen-bond acceptors (Lipinski definition) is 3. The zero-order chi connectivity index (χ0) is 13.3. The van der Waals surface area contributed by atoms with E-state index in [0.29, 0.717) is 25.0 Å². The summed E-state index contributed by atoms with van der Waals surface area (Å²) < 4.78 is 6.09. The molecule has 2 aliphatic rings. The maximum atomic E-state index is 9.08. The number of nitrogens with two attached hydrogens (primary N) is 1. The molecule has 2 atom stereocenters. The van der Waals surface area contributed by atoms with Crippen LogP contribution in [0.1, 0.15) is 24.0 Å². The first-order valence-corrected chi connectivity index (χ1v) is 7.32. The summed E-state index contributed by atoms with van der Waals surface area (Å²) in [5, 5.41) is 9.08. The van der Waals surface area contributed by atoms with E-state index >= 15 is 0 Å². The minimum atomic E-state index is -0.220. The Morgan fingerprint density at radius 1 is 1.16 bits per heavy atom. The van der Waals surface area contributed by atoms with Crippen LogP contribution in [0.2, 0.25) is 0 Å². The van der Waals surface area contributed by atoms with Crippen LogP contribution in [0.15, 0.2) is 24.3 Å². The number of aliphatic hydroxyl groups is 1. The van der Waals surface area contributed by atoms with Crippen molar-refractivity contribution in [3.8, 4) is 0 Å². The van der Waals surface area contributed by atoms with Crippen molar-refractivity contribution in [1.82, 2.24) is 0 Å². The Kier molecular flexibility index (Phi) is 3.61. The summed E-state index contributed by atoms with van der Waals surface area (Å²) >= 11 is 0. The van der Waals surface area contributed by atoms with E-state index in [1.807, 2.05) is 0 Å². The van der Waals surface area contributed by atoms with Gasteiger partial charge in [0.1, 0.15) is 0 Å². The summed E-state index contributed by atoms with van der Waals surface area (Å²) in [6.07, 6.45) is 4.52. The molecule has 0 aliphatic heterocycles. The summed E-state index contributed by atoms with van der Waals surface area (Å²) in [6.45, 7) is 1.05. The van der Waals surface area contributed by atoms with Crippen LogP contribution in [0, 0.1) is 11.8 Å². The lowest BCUT2D eigenvalue weighted by Gasteiger charge is -2.38. The second kappa shape index (κ2) is 5.23. The Bertz CT molecular complexity index is 413. The largest absolute Gasteiger partial charge is 0.394 e. The van der Waals surface area contributed by atoms with E-state index in [-0.39, 0.29) is 12.2 Å². The summed E-state index contributed by atoms with van der Waals surface area (Å²) in [5.41, 5.74) is 8.79. The Labute approximate surface area is 114 Å². The van der Waals surface area contributed by atoms with E-state index in [1.165, 1.54) is 24.0 Å². The molecule has 3 heteroatoms. The smallest absolute Gasteiger partial charge is 0.0867 e. The third-order valence-electron chi connectivity index (χ3n) is 5.08. The molecule has 104 valence electrons. The number of aliphatic hydroxyl groups excluding tert-OH is 1. The SMILES string of the molecule is NCC1(OCCO)C2CCC1Cc1ccccc1C2. The fourth-order valence-corrected chi connectivity index (χ4v) is 4.12. The predicted octanol–water partition coefficient (Wildman–Crippen LogP) is 1.52. The van der Waals surface area contributed by atoms with Gasteiger partial charge in [-0.25, -0.2) is 0 Å². The molecule has 0 heterocycles. The molecule has 1 saturated carbocycles. The van der Waals surface area contributed by atoms with Gasteiger partial charge in [-0.15, -0.1) is 0 Å². The molecule has 0 amide bonds. The zero-order valence-corrected chi connectivity index (χ0v) is 11.3. The van der Waals surface area contributed by atoms with Crippen LogP contribution in [0.25, 0.3) is 0 Å². The Hall–Kier alpha value is -0.900. The van der Waals surface area contributed by atoms with Crippen molar-refractivity contribution in [3.63, 3.8) is 0 Å². The Balaban J connectivity index is 1.93. The van der Waals surface area contributed by atoms with Gasteiger partial charge in [-0.2, -0.15) is 0 Å². The van der Waals surface area contributed by atoms with Crippen LogP contribution >= 0.6 is 0 Å². The highest BCUT2D eigenvalue weighted by Crippen LogP contribution is 2.48. The molecule has 3 nitrogen and oxygen atoms in total. The van der Waals surface area contributed by atoms with Crippen LogP contribution in [-0.2, 0) is 17.6 Å². The average Bonchev–Trinajstić information content (AvgIpc) is 2.68. The van der Waals surface area contributed by atoms with Gasteiger partial charge in [-0.3, -0.25) is 0 Å². The molecule has 3 rings (SSSR count). The number of hydrogen-bond donors (Lipinski definition) is 2. The van der Waals surface area contributed by atoms with Crippen molar-refractivity contribution in [1.29, 1.82) is 0 Å². The van der Waals surface area contributed by atoms with Gasteiger partial charge in [0.05, 0.1) is 18.8 Å². The van der Waals surface area contributed by atoms with Crippen LogP contribution in [0.4, 0.5) is 0 Å². The van der Waals surface area contributed by atoms with Crippen LogP contribution in [0.5, 0.6) is 0 Å². The molecule has 0 saturated heterocycles. The maximum absolute atomic E-state index is 9.08. The molecule has 2 bridgehead atoms. The topological polar surface area (TPSA) is 55.5 Å². The molecular weight excluding hydrogens is 238 g/mol. The van der Waals surface area contributed by atoms with E-state index in [9.17, 15) is 0 Å². The van der Waals surface area contributed by atoms with Crippen molar-refractivity contribution in [2.75, 3.05) is 19.8 Å². The van der Waals surface area contributed by atoms with Crippen LogP contribution in [0.3, 0.4) is 0 Å². The van der Waals surface area contributed by atoms with Gasteiger partial charge >= 0.3 is 0 Å². The van der Waals surface area contributed by atoms with Crippen molar-refractivity contribution < 1.29 is 9.84 Å². The number of benzene rings is 1. The van der Waals surface area contributed by atoms with Crippen LogP contribution in [-0.4, -0.2) is 30.5 Å². The van der Waals surface area contributed by atoms with E-state index < -0.39 is 0 Å². The minimum absolute atomic E-state index is 0.0775. The Morgan fingerprint density at radius 2 is 1.74 bits per heavy atom. The van der Waals surface area contributed by atoms with Crippen molar-refractivity contribution >= 4 is 0 Å². The molecule has 1 fully saturated rings. The van der Waals surface area contributed by atoms with Gasteiger partial charge in [-0.1, -0.05) is 24.3 Å². The average molecular weight is 261 g/mol. The number of ether oxygens (including phenoxy) is 1. The summed E-state index contributed by atoms with van der Waals surface area (Å²) in [4.78, 5) is 0. The van der Waals surface area contributed by atoms with Crippen LogP contribution < -0.4 is 5.73 Å². The first kappa shape index (κ1) is 13.1. The maximum Gasteiger partial charge on any atom is 0.0867 e. The lowest BCUT2D eigenvalue weighted by Crippen LogP contribution is -2.50. The third kappa shape index (κ3) is 2.10. The highest BCUT2D eigenvalue weighted by atomic mass is 16.5. The standard InChI is InChI=1S/C16H23NO2/c17-11-16(19-8-7-18)14-5-6-15(16)10-13-4-2-1-3-12(13)9-14/h1-4,14-15,18H,5-11,17H2. The van der Waals surface area contributed by atoms with Gasteiger partial charge in [-0.05, 0) is 48.6 Å². The van der Waals surface area contributed by atoms with Crippen molar-refractivity contribution in [2.45, 2.75) is 31.3 Å². The van der Waals surface area contributed by atoms with E-state index in [0.717, 1.165) is 12.8 Å². The molecule has 3 N–H and O–H groups in total. The molecule has 0 spiro atoms. The second-order valence-electron chi connectivity index (χ2n) is 5.88. The van der Waals surface area contributed by atoms with E-state index in [4.69, 9.17) is 15.6 Å². The summed E-state index contributed by atoms with van der Waals surface area (Å²) in [7, 11) is 0. The van der Waals surface area contributed by atoms with E-state index in [2.05, 4.69) is 24.3 Å². The quantitative estimate of drug-likeness (QED) is 0.864. The molecule has 0 radical (unpaired) electrons. The normalized spacial score (nSPS) is 32.9.